The fourth-order valence-electron chi connectivity index (χ4n) is 3.51. The monoisotopic (exact) mass is 555 g/mol. The van der Waals surface area contributed by atoms with Gasteiger partial charge in [-0.15, -0.1) is 34.2 Å². The second-order valence-electron chi connectivity index (χ2n) is 8.31. The van der Waals surface area contributed by atoms with Crippen LogP contribution in [-0.2, 0) is 18.3 Å². The molecule has 0 aliphatic carbocycles. The van der Waals surface area contributed by atoms with E-state index in [2.05, 4.69) is 63.8 Å². The summed E-state index contributed by atoms with van der Waals surface area (Å²) in [5.74, 6) is 2.96. The van der Waals surface area contributed by atoms with Crippen LogP contribution in [0.25, 0.3) is 0 Å². The summed E-state index contributed by atoms with van der Waals surface area (Å²) in [6, 6.07) is 8.75. The molecule has 32 heavy (non-hydrogen) atoms. The normalized spacial score (nSPS) is 15.8. The van der Waals surface area contributed by atoms with E-state index in [4.69, 9.17) is 9.73 Å². The minimum absolute atomic E-state index is 0. The lowest BCUT2D eigenvalue weighted by molar-refractivity contribution is 0.0376. The van der Waals surface area contributed by atoms with Gasteiger partial charge in [-0.25, -0.2) is 4.99 Å². The molecule has 9 heteroatoms. The first-order valence-corrected chi connectivity index (χ1v) is 11.3. The number of nitrogens with zero attached hydrogens (tertiary/aromatic N) is 5. The molecule has 0 bridgehead atoms. The van der Waals surface area contributed by atoms with Crippen molar-refractivity contribution < 1.29 is 4.74 Å². The van der Waals surface area contributed by atoms with Crippen LogP contribution in [0.3, 0.4) is 0 Å². The number of aliphatic imine (C=N–C) groups is 1. The highest BCUT2D eigenvalue weighted by Crippen LogP contribution is 2.14. The predicted octanol–water partition coefficient (Wildman–Crippen LogP) is 2.61. The highest BCUT2D eigenvalue weighted by Gasteiger charge is 2.11. The lowest BCUT2D eigenvalue weighted by Gasteiger charge is -2.26. The van der Waals surface area contributed by atoms with Crippen LogP contribution in [0.15, 0.2) is 29.3 Å². The van der Waals surface area contributed by atoms with Gasteiger partial charge in [0, 0.05) is 33.2 Å². The molecule has 2 heterocycles. The quantitative estimate of drug-likeness (QED) is 0.215. The maximum atomic E-state index is 5.43. The Labute approximate surface area is 209 Å². The molecule has 2 aromatic rings. The Balaban J connectivity index is 0.00000363. The van der Waals surface area contributed by atoms with Gasteiger partial charge in [-0.2, -0.15) is 0 Å². The number of ether oxygens (including phenoxy) is 1. The van der Waals surface area contributed by atoms with Crippen LogP contribution in [0.1, 0.15) is 42.0 Å². The van der Waals surface area contributed by atoms with Crippen LogP contribution in [0.5, 0.6) is 0 Å². The van der Waals surface area contributed by atoms with Crippen LogP contribution in [0.4, 0.5) is 0 Å². The van der Waals surface area contributed by atoms with Crippen molar-refractivity contribution in [2.24, 2.45) is 12.0 Å². The van der Waals surface area contributed by atoms with E-state index in [0.29, 0.717) is 12.5 Å². The van der Waals surface area contributed by atoms with Gasteiger partial charge < -0.3 is 19.9 Å². The Hall–Kier alpha value is -1.72. The molecule has 0 spiro atoms. The molecule has 0 saturated carbocycles. The van der Waals surface area contributed by atoms with E-state index in [1.807, 2.05) is 18.5 Å². The molecule has 1 aromatic carbocycles. The van der Waals surface area contributed by atoms with Gasteiger partial charge in [-0.3, -0.25) is 4.90 Å². The third-order valence-electron chi connectivity index (χ3n) is 5.83. The average Bonchev–Trinajstić information content (AvgIpc) is 3.11. The Morgan fingerprint density at radius 3 is 2.50 bits per heavy atom. The molecule has 1 atom stereocenters. The smallest absolute Gasteiger partial charge is 0.191 e. The molecule has 1 unspecified atom stereocenters. The van der Waals surface area contributed by atoms with E-state index in [9.17, 15) is 0 Å². The molecule has 3 rings (SSSR count). The first-order chi connectivity index (χ1) is 15.0. The Morgan fingerprint density at radius 1 is 1.12 bits per heavy atom. The van der Waals surface area contributed by atoms with Gasteiger partial charge in [0.05, 0.1) is 13.2 Å². The maximum Gasteiger partial charge on any atom is 0.191 e. The summed E-state index contributed by atoms with van der Waals surface area (Å²) >= 11 is 0. The van der Waals surface area contributed by atoms with Gasteiger partial charge in [-0.1, -0.05) is 36.8 Å². The lowest BCUT2D eigenvalue weighted by Crippen LogP contribution is -2.41. The summed E-state index contributed by atoms with van der Waals surface area (Å²) < 4.78 is 7.41. The standard InChI is InChI=1S/C23H37N7O.HI/c1-18-6-8-21(9-7-18)19(2)16-25-23(26-17-22-28-27-20(3)29(22)4)24-10-5-11-30-12-14-31-15-13-30;/h6-9,19H,5,10-17H2,1-4H3,(H2,24,25,26);1H. The zero-order chi connectivity index (χ0) is 22.1. The number of nitrogens with one attached hydrogen (secondary N) is 2. The van der Waals surface area contributed by atoms with Gasteiger partial charge in [0.1, 0.15) is 12.4 Å². The van der Waals surface area contributed by atoms with Crippen molar-refractivity contribution in [3.8, 4) is 0 Å². The minimum Gasteiger partial charge on any atom is -0.379 e. The number of benzene rings is 1. The topological polar surface area (TPSA) is 79.6 Å². The van der Waals surface area contributed by atoms with E-state index in [0.717, 1.165) is 70.0 Å². The zero-order valence-corrected chi connectivity index (χ0v) is 22.1. The molecule has 0 radical (unpaired) electrons. The summed E-state index contributed by atoms with van der Waals surface area (Å²) in [6.07, 6.45) is 1.07. The van der Waals surface area contributed by atoms with E-state index in [1.54, 1.807) is 0 Å². The van der Waals surface area contributed by atoms with Crippen molar-refractivity contribution >= 4 is 29.9 Å². The van der Waals surface area contributed by atoms with Crippen molar-refractivity contribution in [1.82, 2.24) is 30.3 Å². The maximum absolute atomic E-state index is 5.43. The second-order valence-corrected chi connectivity index (χ2v) is 8.31. The van der Waals surface area contributed by atoms with Crippen LogP contribution < -0.4 is 10.6 Å². The van der Waals surface area contributed by atoms with Crippen molar-refractivity contribution in [2.75, 3.05) is 45.9 Å². The average molecular weight is 556 g/mol. The third-order valence-corrected chi connectivity index (χ3v) is 5.83. The van der Waals surface area contributed by atoms with Gasteiger partial charge in [0.15, 0.2) is 11.8 Å². The molecule has 1 aliphatic rings. The molecule has 8 nitrogen and oxygen atoms in total. The van der Waals surface area contributed by atoms with Crippen molar-refractivity contribution in [3.05, 3.63) is 47.0 Å². The van der Waals surface area contributed by atoms with E-state index >= 15 is 0 Å². The van der Waals surface area contributed by atoms with Crippen molar-refractivity contribution in [3.63, 3.8) is 0 Å². The molecule has 1 aromatic heterocycles. The number of hydrogen-bond donors (Lipinski definition) is 2. The molecule has 178 valence electrons. The second kappa shape index (κ2) is 13.7. The summed E-state index contributed by atoms with van der Waals surface area (Å²) in [6.45, 7) is 13.3. The summed E-state index contributed by atoms with van der Waals surface area (Å²) in [4.78, 5) is 7.23. The molecular weight excluding hydrogens is 517 g/mol. The van der Waals surface area contributed by atoms with Gasteiger partial charge in [-0.05, 0) is 38.3 Å². The Kier molecular flexibility index (Phi) is 11.4. The fourth-order valence-corrected chi connectivity index (χ4v) is 3.51. The number of aryl methyl sites for hydroxylation is 2. The number of guanidine groups is 1. The molecule has 1 saturated heterocycles. The summed E-state index contributed by atoms with van der Waals surface area (Å²) in [5, 5.41) is 15.4. The predicted molar refractivity (Wildman–Crippen MR) is 140 cm³/mol. The number of halogens is 1. The highest BCUT2D eigenvalue weighted by atomic mass is 127. The third kappa shape index (κ3) is 8.32. The van der Waals surface area contributed by atoms with Gasteiger partial charge in [0.25, 0.3) is 0 Å². The van der Waals surface area contributed by atoms with Crippen LogP contribution in [0.2, 0.25) is 0 Å². The zero-order valence-electron chi connectivity index (χ0n) is 19.8. The number of morpholine rings is 1. The Bertz CT molecular complexity index is 831. The molecule has 1 fully saturated rings. The Morgan fingerprint density at radius 2 is 1.84 bits per heavy atom. The largest absolute Gasteiger partial charge is 0.379 e. The van der Waals surface area contributed by atoms with Crippen LogP contribution in [0, 0.1) is 13.8 Å². The first kappa shape index (κ1) is 26.5. The molecule has 0 amide bonds. The van der Waals surface area contributed by atoms with E-state index < -0.39 is 0 Å². The molecular formula is C23H38IN7O. The number of hydrogen-bond acceptors (Lipinski definition) is 5. The van der Waals surface area contributed by atoms with Crippen LogP contribution >= 0.6 is 24.0 Å². The molecule has 2 N–H and O–H groups in total. The van der Waals surface area contributed by atoms with Crippen molar-refractivity contribution in [2.45, 2.75) is 39.7 Å². The van der Waals surface area contributed by atoms with E-state index in [1.165, 1.54) is 11.1 Å². The van der Waals surface area contributed by atoms with Crippen LogP contribution in [-0.4, -0.2) is 71.6 Å². The minimum atomic E-state index is 0. The number of rotatable bonds is 9. The van der Waals surface area contributed by atoms with E-state index in [-0.39, 0.29) is 24.0 Å². The SMILES string of the molecule is Cc1ccc(C(C)CNC(=NCc2nnc(C)n2C)NCCCN2CCOCC2)cc1.I. The highest BCUT2D eigenvalue weighted by molar-refractivity contribution is 14.0. The number of aromatic nitrogens is 3. The van der Waals surface area contributed by atoms with Gasteiger partial charge >= 0.3 is 0 Å². The lowest BCUT2D eigenvalue weighted by atomic mass is 10.0. The van der Waals surface area contributed by atoms with Gasteiger partial charge in [0.2, 0.25) is 0 Å². The van der Waals surface area contributed by atoms with Crippen molar-refractivity contribution in [1.29, 1.82) is 0 Å². The molecule has 1 aliphatic heterocycles. The summed E-state index contributed by atoms with van der Waals surface area (Å²) in [7, 11) is 1.97. The fraction of sp³-hybridized carbons (Fsp3) is 0.609. The first-order valence-electron chi connectivity index (χ1n) is 11.3. The summed E-state index contributed by atoms with van der Waals surface area (Å²) in [5.41, 5.74) is 2.61.